The molecule has 1 amide bonds. The summed E-state index contributed by atoms with van der Waals surface area (Å²) in [5.41, 5.74) is 0.604. The van der Waals surface area contributed by atoms with Crippen molar-refractivity contribution in [3.8, 4) is 11.5 Å². The van der Waals surface area contributed by atoms with Crippen LogP contribution in [0.1, 0.15) is 31.0 Å². The summed E-state index contributed by atoms with van der Waals surface area (Å²) in [4.78, 5) is 30.0. The van der Waals surface area contributed by atoms with Gasteiger partial charge in [0.25, 0.3) is 11.7 Å². The van der Waals surface area contributed by atoms with Crippen LogP contribution in [0.5, 0.6) is 11.5 Å². The molecule has 2 aliphatic rings. The summed E-state index contributed by atoms with van der Waals surface area (Å²) in [6.45, 7) is 7.07. The van der Waals surface area contributed by atoms with Crippen molar-refractivity contribution >= 4 is 17.4 Å². The van der Waals surface area contributed by atoms with E-state index in [0.717, 1.165) is 19.2 Å². The molecule has 2 aromatic rings. The molecule has 0 aliphatic carbocycles. The van der Waals surface area contributed by atoms with Gasteiger partial charge in [-0.25, -0.2) is 4.39 Å². The first kappa shape index (κ1) is 25.7. The van der Waals surface area contributed by atoms with Gasteiger partial charge in [0.1, 0.15) is 11.5 Å². The fourth-order valence-electron chi connectivity index (χ4n) is 4.50. The third-order valence-corrected chi connectivity index (χ3v) is 6.28. The van der Waals surface area contributed by atoms with E-state index < -0.39 is 29.3 Å². The Morgan fingerprint density at radius 1 is 1.14 bits per heavy atom. The maximum Gasteiger partial charge on any atom is 0.295 e. The molecular weight excluding hydrogens is 467 g/mol. The van der Waals surface area contributed by atoms with E-state index in [9.17, 15) is 19.1 Å². The van der Waals surface area contributed by atoms with E-state index in [1.165, 1.54) is 24.1 Å². The third-order valence-electron chi connectivity index (χ3n) is 6.28. The van der Waals surface area contributed by atoms with Crippen LogP contribution in [0, 0.1) is 5.82 Å². The monoisotopic (exact) mass is 498 g/mol. The zero-order chi connectivity index (χ0) is 25.8. The van der Waals surface area contributed by atoms with Crippen LogP contribution in [0.2, 0.25) is 0 Å². The largest absolute Gasteiger partial charge is 0.507 e. The summed E-state index contributed by atoms with van der Waals surface area (Å²) in [5, 5.41) is 11.2. The molecule has 2 fully saturated rings. The van der Waals surface area contributed by atoms with Crippen molar-refractivity contribution in [3.63, 3.8) is 0 Å². The first-order chi connectivity index (χ1) is 17.3. The molecule has 2 aliphatic heterocycles. The first-order valence-corrected chi connectivity index (χ1v) is 12.0. The fourth-order valence-corrected chi connectivity index (χ4v) is 4.50. The highest BCUT2D eigenvalue weighted by molar-refractivity contribution is 6.46. The van der Waals surface area contributed by atoms with Crippen molar-refractivity contribution in [2.45, 2.75) is 26.0 Å². The zero-order valence-electron chi connectivity index (χ0n) is 20.7. The molecule has 0 saturated carbocycles. The Balaban J connectivity index is 1.74. The number of aliphatic hydroxyl groups is 1. The molecule has 4 rings (SSSR count). The molecule has 192 valence electrons. The van der Waals surface area contributed by atoms with Crippen molar-refractivity contribution in [3.05, 3.63) is 65.0 Å². The van der Waals surface area contributed by atoms with Crippen LogP contribution in [0.15, 0.2) is 48.0 Å². The van der Waals surface area contributed by atoms with Crippen molar-refractivity contribution in [2.24, 2.45) is 0 Å². The van der Waals surface area contributed by atoms with Gasteiger partial charge in [0.15, 0.2) is 11.6 Å². The number of hydrogen-bond acceptors (Lipinski definition) is 7. The standard InChI is InChI=1S/C27H31FN2O6/c1-17(2)36-22-8-7-19(16-21(22)28)25(31)23-24(18-5-4-6-20(15-18)34-3)30(27(33)26(23)32)10-9-29-11-13-35-14-12-29/h4-8,15-17,24,31H,9-14H2,1-3H3/t24-/m1/s1. The zero-order valence-corrected chi connectivity index (χ0v) is 20.7. The van der Waals surface area contributed by atoms with Gasteiger partial charge in [-0.1, -0.05) is 12.1 Å². The number of benzene rings is 2. The summed E-state index contributed by atoms with van der Waals surface area (Å²) in [6.07, 6.45) is -0.233. The number of likely N-dealkylation sites (tertiary alicyclic amines) is 1. The number of amides is 1. The van der Waals surface area contributed by atoms with E-state index in [1.54, 1.807) is 38.1 Å². The number of methoxy groups -OCH3 is 1. The summed E-state index contributed by atoms with van der Waals surface area (Å²) in [7, 11) is 1.53. The van der Waals surface area contributed by atoms with Gasteiger partial charge in [0, 0.05) is 31.7 Å². The van der Waals surface area contributed by atoms with Crippen LogP contribution < -0.4 is 9.47 Å². The predicted octanol–water partition coefficient (Wildman–Crippen LogP) is 3.38. The van der Waals surface area contributed by atoms with Gasteiger partial charge >= 0.3 is 0 Å². The van der Waals surface area contributed by atoms with Crippen LogP contribution >= 0.6 is 0 Å². The Labute approximate surface area is 209 Å². The average Bonchev–Trinajstić information content (AvgIpc) is 3.13. The van der Waals surface area contributed by atoms with Crippen molar-refractivity contribution < 1.29 is 33.3 Å². The van der Waals surface area contributed by atoms with Gasteiger partial charge in [-0.15, -0.1) is 0 Å². The normalized spacial score (nSPS) is 20.2. The molecule has 2 saturated heterocycles. The molecule has 1 N–H and O–H groups in total. The molecule has 2 heterocycles. The van der Waals surface area contributed by atoms with Gasteiger partial charge in [-0.3, -0.25) is 14.5 Å². The lowest BCUT2D eigenvalue weighted by atomic mass is 9.95. The molecule has 36 heavy (non-hydrogen) atoms. The van der Waals surface area contributed by atoms with E-state index in [-0.39, 0.29) is 29.5 Å². The smallest absolute Gasteiger partial charge is 0.295 e. The third kappa shape index (κ3) is 5.37. The van der Waals surface area contributed by atoms with Crippen LogP contribution in [-0.4, -0.2) is 79.2 Å². The van der Waals surface area contributed by atoms with E-state index in [0.29, 0.717) is 31.1 Å². The minimum atomic E-state index is -0.851. The van der Waals surface area contributed by atoms with Crippen LogP contribution in [0.3, 0.4) is 0 Å². The van der Waals surface area contributed by atoms with Gasteiger partial charge in [-0.05, 0) is 49.7 Å². The molecule has 2 aromatic carbocycles. The highest BCUT2D eigenvalue weighted by Gasteiger charge is 2.46. The number of aliphatic hydroxyl groups excluding tert-OH is 1. The van der Waals surface area contributed by atoms with Crippen LogP contribution in [-0.2, 0) is 14.3 Å². The molecule has 0 aromatic heterocycles. The number of carbonyl (C=O) groups excluding carboxylic acids is 2. The molecule has 0 spiro atoms. The molecular formula is C27H31FN2O6. The number of ether oxygens (including phenoxy) is 3. The highest BCUT2D eigenvalue weighted by atomic mass is 19.1. The summed E-state index contributed by atoms with van der Waals surface area (Å²) >= 11 is 0. The summed E-state index contributed by atoms with van der Waals surface area (Å²) in [6, 6.07) is 10.1. The SMILES string of the molecule is COc1cccc([C@@H]2C(=C(O)c3ccc(OC(C)C)c(F)c3)C(=O)C(=O)N2CCN2CCOCC2)c1. The Bertz CT molecular complexity index is 1160. The van der Waals surface area contributed by atoms with E-state index >= 15 is 0 Å². The number of carbonyl (C=O) groups is 2. The van der Waals surface area contributed by atoms with Gasteiger partial charge < -0.3 is 24.2 Å². The second kappa shape index (κ2) is 11.1. The molecule has 1 atom stereocenters. The fraction of sp³-hybridized carbons (Fsp3) is 0.407. The first-order valence-electron chi connectivity index (χ1n) is 12.0. The van der Waals surface area contributed by atoms with E-state index in [2.05, 4.69) is 4.90 Å². The quantitative estimate of drug-likeness (QED) is 0.339. The molecule has 0 bridgehead atoms. The van der Waals surface area contributed by atoms with Crippen molar-refractivity contribution in [1.29, 1.82) is 0 Å². The topological polar surface area (TPSA) is 88.5 Å². The molecule has 8 nitrogen and oxygen atoms in total. The van der Waals surface area contributed by atoms with E-state index in [4.69, 9.17) is 14.2 Å². The Morgan fingerprint density at radius 3 is 2.56 bits per heavy atom. The minimum Gasteiger partial charge on any atom is -0.507 e. The number of halogens is 1. The average molecular weight is 499 g/mol. The second-order valence-corrected chi connectivity index (χ2v) is 9.03. The maximum absolute atomic E-state index is 14.7. The molecule has 0 radical (unpaired) electrons. The molecule has 0 unspecified atom stereocenters. The lowest BCUT2D eigenvalue weighted by Crippen LogP contribution is -2.42. The predicted molar refractivity (Wildman–Crippen MR) is 131 cm³/mol. The van der Waals surface area contributed by atoms with Crippen molar-refractivity contribution in [1.82, 2.24) is 9.80 Å². The lowest BCUT2D eigenvalue weighted by Gasteiger charge is -2.31. The van der Waals surface area contributed by atoms with Crippen molar-refractivity contribution in [2.75, 3.05) is 46.5 Å². The lowest BCUT2D eigenvalue weighted by molar-refractivity contribution is -0.140. The highest BCUT2D eigenvalue weighted by Crippen LogP contribution is 2.40. The number of morpholine rings is 1. The van der Waals surface area contributed by atoms with E-state index in [1.807, 2.05) is 0 Å². The van der Waals surface area contributed by atoms with Gasteiger partial charge in [0.05, 0.1) is 38.0 Å². The van der Waals surface area contributed by atoms with Crippen LogP contribution in [0.25, 0.3) is 5.76 Å². The number of rotatable bonds is 8. The number of Topliss-reactive ketones (excluding diaryl/α,β-unsaturated/α-hetero) is 1. The van der Waals surface area contributed by atoms with Gasteiger partial charge in [-0.2, -0.15) is 0 Å². The van der Waals surface area contributed by atoms with Gasteiger partial charge in [0.2, 0.25) is 0 Å². The number of nitrogens with zero attached hydrogens (tertiary/aromatic N) is 2. The van der Waals surface area contributed by atoms with Crippen LogP contribution in [0.4, 0.5) is 4.39 Å². The Hall–Kier alpha value is -3.43. The molecule has 9 heteroatoms. The summed E-state index contributed by atoms with van der Waals surface area (Å²) in [5.74, 6) is -2.05. The second-order valence-electron chi connectivity index (χ2n) is 9.03. The Morgan fingerprint density at radius 2 is 1.89 bits per heavy atom. The Kier molecular flexibility index (Phi) is 7.91. The number of ketones is 1. The minimum absolute atomic E-state index is 0.0388. The summed E-state index contributed by atoms with van der Waals surface area (Å²) < 4.78 is 30.9. The number of hydrogen-bond donors (Lipinski definition) is 1. The maximum atomic E-state index is 14.7.